The Hall–Kier alpha value is -1.62. The molecule has 0 aromatic carbocycles. The second-order valence-electron chi connectivity index (χ2n) is 4.37. The van der Waals surface area contributed by atoms with Crippen LogP contribution in [0.5, 0.6) is 0 Å². The van der Waals surface area contributed by atoms with E-state index in [0.717, 1.165) is 12.8 Å². The molecular weight excluding hydrogens is 254 g/mol. The molecule has 5 nitrogen and oxygen atoms in total. The van der Waals surface area contributed by atoms with E-state index < -0.39 is 0 Å². The van der Waals surface area contributed by atoms with Gasteiger partial charge in [0, 0.05) is 24.8 Å². The van der Waals surface area contributed by atoms with Gasteiger partial charge in [-0.05, 0) is 25.0 Å². The third kappa shape index (κ3) is 3.43. The van der Waals surface area contributed by atoms with Crippen molar-refractivity contribution >= 4 is 23.4 Å². The van der Waals surface area contributed by atoms with Gasteiger partial charge in [-0.25, -0.2) is 4.98 Å². The van der Waals surface area contributed by atoms with Gasteiger partial charge >= 0.3 is 0 Å². The summed E-state index contributed by atoms with van der Waals surface area (Å²) in [6, 6.07) is 3.36. The Kier molecular flexibility index (Phi) is 3.81. The van der Waals surface area contributed by atoms with Gasteiger partial charge in [0.05, 0.1) is 6.54 Å². The van der Waals surface area contributed by atoms with Gasteiger partial charge in [0.1, 0.15) is 5.15 Å². The maximum atomic E-state index is 12.0. The van der Waals surface area contributed by atoms with Crippen molar-refractivity contribution in [2.45, 2.75) is 18.9 Å². The van der Waals surface area contributed by atoms with Gasteiger partial charge in [-0.3, -0.25) is 9.59 Å². The van der Waals surface area contributed by atoms with Crippen LogP contribution in [0.1, 0.15) is 23.2 Å². The topological polar surface area (TPSA) is 62.3 Å². The molecular formula is C12H14ClN3O2. The van der Waals surface area contributed by atoms with Crippen molar-refractivity contribution < 1.29 is 9.59 Å². The lowest BCUT2D eigenvalue weighted by Crippen LogP contribution is -2.39. The summed E-state index contributed by atoms with van der Waals surface area (Å²) in [5.74, 6) is -0.376. The molecule has 0 bridgehead atoms. The highest BCUT2D eigenvalue weighted by atomic mass is 35.5. The van der Waals surface area contributed by atoms with Crippen LogP contribution in [0.4, 0.5) is 0 Å². The van der Waals surface area contributed by atoms with Gasteiger partial charge in [-0.2, -0.15) is 0 Å². The Morgan fingerprint density at radius 2 is 2.28 bits per heavy atom. The highest BCUT2D eigenvalue weighted by Crippen LogP contribution is 2.18. The van der Waals surface area contributed by atoms with Crippen molar-refractivity contribution in [3.05, 3.63) is 29.0 Å². The summed E-state index contributed by atoms with van der Waals surface area (Å²) in [7, 11) is 1.59. The number of pyridine rings is 1. The minimum atomic E-state index is -0.245. The lowest BCUT2D eigenvalue weighted by Gasteiger charge is -2.16. The highest BCUT2D eigenvalue weighted by molar-refractivity contribution is 6.29. The molecule has 0 aliphatic heterocycles. The van der Waals surface area contributed by atoms with E-state index in [1.165, 1.54) is 17.2 Å². The van der Waals surface area contributed by atoms with E-state index in [2.05, 4.69) is 10.3 Å². The molecule has 1 fully saturated rings. The first-order chi connectivity index (χ1) is 8.56. The molecule has 0 radical (unpaired) electrons. The molecule has 1 aliphatic carbocycles. The molecule has 1 aromatic rings. The second-order valence-corrected chi connectivity index (χ2v) is 4.76. The Morgan fingerprint density at radius 3 is 2.89 bits per heavy atom. The van der Waals surface area contributed by atoms with E-state index in [1.807, 2.05) is 0 Å². The zero-order chi connectivity index (χ0) is 13.1. The van der Waals surface area contributed by atoms with Crippen molar-refractivity contribution in [3.63, 3.8) is 0 Å². The molecule has 0 atom stereocenters. The summed E-state index contributed by atoms with van der Waals surface area (Å²) in [5.41, 5.74) is 0.428. The van der Waals surface area contributed by atoms with Crippen molar-refractivity contribution in [3.8, 4) is 0 Å². The van der Waals surface area contributed by atoms with Gasteiger partial charge < -0.3 is 10.2 Å². The van der Waals surface area contributed by atoms with E-state index in [9.17, 15) is 9.59 Å². The van der Waals surface area contributed by atoms with Crippen LogP contribution in [0.25, 0.3) is 0 Å². The summed E-state index contributed by atoms with van der Waals surface area (Å²) in [4.78, 5) is 28.7. The van der Waals surface area contributed by atoms with Crippen molar-refractivity contribution in [1.82, 2.24) is 15.2 Å². The van der Waals surface area contributed by atoms with Gasteiger partial charge in [0.25, 0.3) is 5.91 Å². The van der Waals surface area contributed by atoms with Gasteiger partial charge in [0.2, 0.25) is 5.91 Å². The average molecular weight is 268 g/mol. The number of halogens is 1. The molecule has 2 rings (SSSR count). The number of rotatable bonds is 4. The van der Waals surface area contributed by atoms with Crippen LogP contribution in [0, 0.1) is 0 Å². The third-order valence-electron chi connectivity index (χ3n) is 2.64. The number of nitrogens with zero attached hydrogens (tertiary/aromatic N) is 2. The van der Waals surface area contributed by atoms with Crippen molar-refractivity contribution in [1.29, 1.82) is 0 Å². The van der Waals surface area contributed by atoms with Gasteiger partial charge in [0.15, 0.2) is 0 Å². The normalized spacial score (nSPS) is 14.1. The highest BCUT2D eigenvalue weighted by Gasteiger charge is 2.24. The molecule has 0 spiro atoms. The van der Waals surface area contributed by atoms with Crippen LogP contribution in [0.2, 0.25) is 5.15 Å². The second kappa shape index (κ2) is 5.35. The van der Waals surface area contributed by atoms with Crippen LogP contribution < -0.4 is 5.32 Å². The smallest absolute Gasteiger partial charge is 0.254 e. The molecule has 1 N–H and O–H groups in total. The quantitative estimate of drug-likeness (QED) is 0.831. The SMILES string of the molecule is CN(CC(=O)NC1CC1)C(=O)c1ccnc(Cl)c1. The standard InChI is InChI=1S/C12H14ClN3O2/c1-16(7-11(17)15-9-2-3-9)12(18)8-4-5-14-10(13)6-8/h4-6,9H,2-3,7H2,1H3,(H,15,17). The molecule has 6 heteroatoms. The molecule has 1 heterocycles. The van der Waals surface area contributed by atoms with Gasteiger partial charge in [-0.15, -0.1) is 0 Å². The van der Waals surface area contributed by atoms with Crippen molar-refractivity contribution in [2.75, 3.05) is 13.6 Å². The molecule has 1 aromatic heterocycles. The maximum Gasteiger partial charge on any atom is 0.254 e. The summed E-state index contributed by atoms with van der Waals surface area (Å²) < 4.78 is 0. The number of carbonyl (C=O) groups is 2. The van der Waals surface area contributed by atoms with E-state index in [-0.39, 0.29) is 23.5 Å². The number of aromatic nitrogens is 1. The summed E-state index contributed by atoms with van der Waals surface area (Å²) in [6.45, 7) is 0.0509. The minimum Gasteiger partial charge on any atom is -0.352 e. The Morgan fingerprint density at radius 1 is 1.56 bits per heavy atom. The van der Waals surface area contributed by atoms with Crippen LogP contribution in [0.15, 0.2) is 18.3 Å². The predicted molar refractivity (Wildman–Crippen MR) is 67.4 cm³/mol. The lowest BCUT2D eigenvalue weighted by atomic mass is 10.2. The molecule has 0 unspecified atom stereocenters. The Labute approximate surface area is 110 Å². The monoisotopic (exact) mass is 267 g/mol. The number of hydrogen-bond donors (Lipinski definition) is 1. The average Bonchev–Trinajstić information content (AvgIpc) is 3.11. The first kappa shape index (κ1) is 12.8. The van der Waals surface area contributed by atoms with Crippen LogP contribution in [0.3, 0.4) is 0 Å². The number of nitrogens with one attached hydrogen (secondary N) is 1. The third-order valence-corrected chi connectivity index (χ3v) is 2.85. The Balaban J connectivity index is 1.93. The lowest BCUT2D eigenvalue weighted by molar-refractivity contribution is -0.121. The minimum absolute atomic E-state index is 0.0509. The van der Waals surface area contributed by atoms with Crippen LogP contribution >= 0.6 is 11.6 Å². The van der Waals surface area contributed by atoms with E-state index in [1.54, 1.807) is 13.1 Å². The first-order valence-corrected chi connectivity index (χ1v) is 6.10. The van der Waals surface area contributed by atoms with E-state index in [4.69, 9.17) is 11.6 Å². The van der Waals surface area contributed by atoms with Crippen LogP contribution in [-0.4, -0.2) is 41.3 Å². The fraction of sp³-hybridized carbons (Fsp3) is 0.417. The first-order valence-electron chi connectivity index (χ1n) is 5.72. The molecule has 0 saturated heterocycles. The number of carbonyl (C=O) groups excluding carboxylic acids is 2. The maximum absolute atomic E-state index is 12.0. The Bertz CT molecular complexity index is 474. The number of amides is 2. The molecule has 1 aliphatic rings. The summed E-state index contributed by atoms with van der Waals surface area (Å²) in [6.07, 6.45) is 3.53. The number of likely N-dealkylation sites (N-methyl/N-ethyl adjacent to an activating group) is 1. The fourth-order valence-electron chi connectivity index (χ4n) is 1.54. The van der Waals surface area contributed by atoms with Crippen LogP contribution in [-0.2, 0) is 4.79 Å². The van der Waals surface area contributed by atoms with E-state index >= 15 is 0 Å². The zero-order valence-electron chi connectivity index (χ0n) is 10.0. The summed E-state index contributed by atoms with van der Waals surface area (Å²) in [5, 5.41) is 3.09. The van der Waals surface area contributed by atoms with E-state index in [0.29, 0.717) is 11.6 Å². The number of hydrogen-bond acceptors (Lipinski definition) is 3. The zero-order valence-corrected chi connectivity index (χ0v) is 10.8. The fourth-order valence-corrected chi connectivity index (χ4v) is 1.72. The largest absolute Gasteiger partial charge is 0.352 e. The van der Waals surface area contributed by atoms with Gasteiger partial charge in [-0.1, -0.05) is 11.6 Å². The molecule has 96 valence electrons. The summed E-state index contributed by atoms with van der Waals surface area (Å²) >= 11 is 5.72. The molecule has 18 heavy (non-hydrogen) atoms. The molecule has 1 saturated carbocycles. The predicted octanol–water partition coefficient (Wildman–Crippen LogP) is 1.09. The van der Waals surface area contributed by atoms with Crippen molar-refractivity contribution in [2.24, 2.45) is 0 Å². The molecule has 2 amide bonds.